The summed E-state index contributed by atoms with van der Waals surface area (Å²) < 4.78 is 5.36. The average Bonchev–Trinajstić information content (AvgIpc) is 3.15. The lowest BCUT2D eigenvalue weighted by Crippen LogP contribution is -2.24. The van der Waals surface area contributed by atoms with Crippen molar-refractivity contribution < 1.29 is 9.32 Å². The van der Waals surface area contributed by atoms with Crippen LogP contribution in [-0.2, 0) is 11.3 Å². The highest BCUT2D eigenvalue weighted by molar-refractivity contribution is 5.79. The van der Waals surface area contributed by atoms with Gasteiger partial charge in [-0.25, -0.2) is 0 Å². The fourth-order valence-corrected chi connectivity index (χ4v) is 2.97. The normalized spacial score (nSPS) is 18.2. The molecular formula is C19H25N3O2. The van der Waals surface area contributed by atoms with Crippen LogP contribution in [0.1, 0.15) is 74.7 Å². The van der Waals surface area contributed by atoms with Gasteiger partial charge in [0.2, 0.25) is 11.8 Å². The summed E-state index contributed by atoms with van der Waals surface area (Å²) in [6.45, 7) is 9.70. The maximum Gasteiger partial charge on any atom is 0.232 e. The Hall–Kier alpha value is -2.17. The number of likely N-dealkylation sites (tertiary alicyclic amines) is 1. The molecule has 1 amide bonds. The SMILES string of the molecule is CC(C)c1ccc(CN2CC(c3nc(C(C)C)no3)CC2=O)cc1. The Morgan fingerprint density at radius 1 is 1.17 bits per heavy atom. The molecule has 1 unspecified atom stereocenters. The van der Waals surface area contributed by atoms with Crippen LogP contribution in [0.15, 0.2) is 28.8 Å². The van der Waals surface area contributed by atoms with Crippen molar-refractivity contribution in [3.8, 4) is 0 Å². The van der Waals surface area contributed by atoms with Gasteiger partial charge in [0.05, 0.1) is 5.92 Å². The maximum atomic E-state index is 12.3. The van der Waals surface area contributed by atoms with Gasteiger partial charge in [-0.3, -0.25) is 4.79 Å². The van der Waals surface area contributed by atoms with Crippen LogP contribution in [0.3, 0.4) is 0 Å². The first kappa shape index (κ1) is 16.7. The first-order chi connectivity index (χ1) is 11.4. The molecule has 5 heteroatoms. The van der Waals surface area contributed by atoms with Crippen molar-refractivity contribution in [3.05, 3.63) is 47.1 Å². The van der Waals surface area contributed by atoms with Crippen LogP contribution in [0.2, 0.25) is 0 Å². The third-order valence-corrected chi connectivity index (χ3v) is 4.56. The monoisotopic (exact) mass is 327 g/mol. The van der Waals surface area contributed by atoms with Crippen molar-refractivity contribution in [3.63, 3.8) is 0 Å². The summed E-state index contributed by atoms with van der Waals surface area (Å²) >= 11 is 0. The zero-order valence-electron chi connectivity index (χ0n) is 14.8. The van der Waals surface area contributed by atoms with Gasteiger partial charge in [0.15, 0.2) is 5.82 Å². The van der Waals surface area contributed by atoms with E-state index in [0.29, 0.717) is 37.1 Å². The van der Waals surface area contributed by atoms with E-state index in [9.17, 15) is 4.79 Å². The molecule has 1 atom stereocenters. The molecular weight excluding hydrogens is 302 g/mol. The molecule has 1 aromatic carbocycles. The van der Waals surface area contributed by atoms with Gasteiger partial charge in [0.1, 0.15) is 0 Å². The number of aromatic nitrogens is 2. The molecule has 0 spiro atoms. The van der Waals surface area contributed by atoms with Crippen molar-refractivity contribution in [2.75, 3.05) is 6.54 Å². The lowest BCUT2D eigenvalue weighted by molar-refractivity contribution is -0.128. The van der Waals surface area contributed by atoms with Crippen LogP contribution >= 0.6 is 0 Å². The first-order valence-electron chi connectivity index (χ1n) is 8.64. The summed E-state index contributed by atoms with van der Waals surface area (Å²) in [5.74, 6) is 2.20. The topological polar surface area (TPSA) is 59.2 Å². The highest BCUT2D eigenvalue weighted by atomic mass is 16.5. The predicted octanol–water partition coefficient (Wildman–Crippen LogP) is 3.83. The van der Waals surface area contributed by atoms with E-state index >= 15 is 0 Å². The molecule has 0 aliphatic carbocycles. The average molecular weight is 327 g/mol. The molecule has 128 valence electrons. The summed E-state index contributed by atoms with van der Waals surface area (Å²) in [5, 5.41) is 4.00. The number of nitrogens with zero attached hydrogens (tertiary/aromatic N) is 3. The van der Waals surface area contributed by atoms with Crippen LogP contribution in [0.25, 0.3) is 0 Å². The minimum Gasteiger partial charge on any atom is -0.339 e. The molecule has 1 aliphatic heterocycles. The lowest BCUT2D eigenvalue weighted by Gasteiger charge is -2.16. The molecule has 2 heterocycles. The molecule has 0 radical (unpaired) electrons. The third kappa shape index (κ3) is 3.50. The van der Waals surface area contributed by atoms with E-state index in [-0.39, 0.29) is 17.7 Å². The highest BCUT2D eigenvalue weighted by Gasteiger charge is 2.34. The lowest BCUT2D eigenvalue weighted by atomic mass is 10.0. The predicted molar refractivity (Wildman–Crippen MR) is 91.7 cm³/mol. The second-order valence-corrected chi connectivity index (χ2v) is 7.22. The maximum absolute atomic E-state index is 12.3. The van der Waals surface area contributed by atoms with Crippen LogP contribution < -0.4 is 0 Å². The fourth-order valence-electron chi connectivity index (χ4n) is 2.97. The van der Waals surface area contributed by atoms with Crippen molar-refractivity contribution in [1.82, 2.24) is 15.0 Å². The molecule has 3 rings (SSSR count). The van der Waals surface area contributed by atoms with Crippen molar-refractivity contribution >= 4 is 5.91 Å². The van der Waals surface area contributed by atoms with Gasteiger partial charge in [-0.15, -0.1) is 0 Å². The number of hydrogen-bond donors (Lipinski definition) is 0. The van der Waals surface area contributed by atoms with E-state index in [2.05, 4.69) is 48.3 Å². The van der Waals surface area contributed by atoms with E-state index in [0.717, 1.165) is 5.56 Å². The minimum absolute atomic E-state index is 0.00689. The Morgan fingerprint density at radius 3 is 2.46 bits per heavy atom. The minimum atomic E-state index is 0.00689. The zero-order chi connectivity index (χ0) is 17.3. The second-order valence-electron chi connectivity index (χ2n) is 7.22. The van der Waals surface area contributed by atoms with Crippen LogP contribution in [-0.4, -0.2) is 27.5 Å². The number of carbonyl (C=O) groups excluding carboxylic acids is 1. The smallest absolute Gasteiger partial charge is 0.232 e. The number of carbonyl (C=O) groups is 1. The second kappa shape index (κ2) is 6.75. The molecule has 1 saturated heterocycles. The van der Waals surface area contributed by atoms with Gasteiger partial charge in [0, 0.05) is 25.4 Å². The molecule has 5 nitrogen and oxygen atoms in total. The van der Waals surface area contributed by atoms with Crippen molar-refractivity contribution in [2.24, 2.45) is 0 Å². The van der Waals surface area contributed by atoms with Gasteiger partial charge in [-0.1, -0.05) is 57.1 Å². The van der Waals surface area contributed by atoms with Gasteiger partial charge in [-0.05, 0) is 17.0 Å². The van der Waals surface area contributed by atoms with Crippen molar-refractivity contribution in [2.45, 2.75) is 58.4 Å². The molecule has 1 aliphatic rings. The number of hydrogen-bond acceptors (Lipinski definition) is 4. The van der Waals surface area contributed by atoms with E-state index in [1.165, 1.54) is 5.56 Å². The van der Waals surface area contributed by atoms with Gasteiger partial charge >= 0.3 is 0 Å². The molecule has 0 N–H and O–H groups in total. The fraction of sp³-hybridized carbons (Fsp3) is 0.526. The van der Waals surface area contributed by atoms with Crippen LogP contribution in [0, 0.1) is 0 Å². The number of rotatable bonds is 5. The van der Waals surface area contributed by atoms with Gasteiger partial charge in [-0.2, -0.15) is 4.98 Å². The first-order valence-corrected chi connectivity index (χ1v) is 8.64. The van der Waals surface area contributed by atoms with Gasteiger partial charge < -0.3 is 9.42 Å². The highest BCUT2D eigenvalue weighted by Crippen LogP contribution is 2.29. The molecule has 0 saturated carbocycles. The number of amides is 1. The molecule has 1 fully saturated rings. The standard InChI is InChI=1S/C19H25N3O2/c1-12(2)15-7-5-14(6-8-15)10-22-11-16(9-17(22)23)19-20-18(13(3)4)21-24-19/h5-8,12-13,16H,9-11H2,1-4H3. The van der Waals surface area contributed by atoms with E-state index < -0.39 is 0 Å². The number of benzene rings is 1. The van der Waals surface area contributed by atoms with Crippen LogP contribution in [0.4, 0.5) is 0 Å². The van der Waals surface area contributed by atoms with Gasteiger partial charge in [0.25, 0.3) is 0 Å². The summed E-state index contributed by atoms with van der Waals surface area (Å²) in [7, 11) is 0. The van der Waals surface area contributed by atoms with Crippen molar-refractivity contribution in [1.29, 1.82) is 0 Å². The largest absolute Gasteiger partial charge is 0.339 e. The summed E-state index contributed by atoms with van der Waals surface area (Å²) in [6.07, 6.45) is 0.448. The Morgan fingerprint density at radius 2 is 1.88 bits per heavy atom. The summed E-state index contributed by atoms with van der Waals surface area (Å²) in [4.78, 5) is 18.6. The quantitative estimate of drug-likeness (QED) is 0.837. The molecule has 2 aromatic rings. The molecule has 0 bridgehead atoms. The Labute approximate surface area is 143 Å². The van der Waals surface area contributed by atoms with Crippen LogP contribution in [0.5, 0.6) is 0 Å². The van der Waals surface area contributed by atoms with E-state index in [4.69, 9.17) is 4.52 Å². The Balaban J connectivity index is 1.66. The third-order valence-electron chi connectivity index (χ3n) is 4.56. The molecule has 24 heavy (non-hydrogen) atoms. The van der Waals surface area contributed by atoms with E-state index in [1.807, 2.05) is 18.7 Å². The van der Waals surface area contributed by atoms with E-state index in [1.54, 1.807) is 0 Å². The summed E-state index contributed by atoms with van der Waals surface area (Å²) in [6, 6.07) is 8.51. The zero-order valence-corrected chi connectivity index (χ0v) is 14.8. The summed E-state index contributed by atoms with van der Waals surface area (Å²) in [5.41, 5.74) is 2.47. The molecule has 1 aromatic heterocycles. The Kier molecular flexibility index (Phi) is 4.69. The Bertz CT molecular complexity index is 704.